The van der Waals surface area contributed by atoms with Crippen molar-refractivity contribution in [3.63, 3.8) is 0 Å². The van der Waals surface area contributed by atoms with Crippen LogP contribution in [0.3, 0.4) is 0 Å². The van der Waals surface area contributed by atoms with E-state index in [-0.39, 0.29) is 17.7 Å². The second-order valence-corrected chi connectivity index (χ2v) is 9.94. The lowest BCUT2D eigenvalue weighted by atomic mass is 10.0. The number of aryl methyl sites for hydroxylation is 1. The van der Waals surface area contributed by atoms with Crippen molar-refractivity contribution in [3.05, 3.63) is 65.3 Å². The van der Waals surface area contributed by atoms with Crippen LogP contribution in [-0.4, -0.2) is 51.9 Å². The van der Waals surface area contributed by atoms with E-state index < -0.39 is 12.1 Å². The molecule has 1 fully saturated rings. The molecule has 38 heavy (non-hydrogen) atoms. The van der Waals surface area contributed by atoms with Gasteiger partial charge in [0.1, 0.15) is 28.8 Å². The Labute approximate surface area is 223 Å². The number of fused-ring (bicyclic) bond motifs is 1. The van der Waals surface area contributed by atoms with E-state index in [9.17, 15) is 19.6 Å². The minimum Gasteiger partial charge on any atom is -0.418 e. The molecule has 0 radical (unpaired) electrons. The fourth-order valence-corrected chi connectivity index (χ4v) is 5.49. The second kappa shape index (κ2) is 11.5. The van der Waals surface area contributed by atoms with Crippen molar-refractivity contribution >= 4 is 41.8 Å². The first-order valence-electron chi connectivity index (χ1n) is 12.1. The van der Waals surface area contributed by atoms with Gasteiger partial charge < -0.3 is 9.47 Å². The fraction of sp³-hybridized carbons (Fsp3) is 0.308. The minimum absolute atomic E-state index is 0.0369. The fourth-order valence-electron chi connectivity index (χ4n) is 4.36. The van der Waals surface area contributed by atoms with E-state index in [1.165, 1.54) is 34.0 Å². The third kappa shape index (κ3) is 5.53. The van der Waals surface area contributed by atoms with Crippen LogP contribution >= 0.6 is 11.8 Å². The zero-order valence-corrected chi connectivity index (χ0v) is 21.1. The lowest BCUT2D eigenvalue weighted by Crippen LogP contribution is -2.40. The number of anilines is 2. The number of cyclic esters (lactones) is 1. The summed E-state index contributed by atoms with van der Waals surface area (Å²) in [5.74, 6) is 0.687. The molecule has 5 rings (SSSR count). The first-order valence-corrected chi connectivity index (χ1v) is 13.0. The SMILES string of the molecule is N#Cc1cnc(NC(=O)N2CCCc3cc(CN4C=CC=COC4=O)c(C=O)nc32)cc1S[C@H]1CCCO1. The van der Waals surface area contributed by atoms with Gasteiger partial charge in [-0.3, -0.25) is 19.9 Å². The van der Waals surface area contributed by atoms with Crippen molar-refractivity contribution < 1.29 is 23.9 Å². The van der Waals surface area contributed by atoms with Crippen LogP contribution in [0.2, 0.25) is 0 Å². The number of pyridine rings is 2. The molecule has 5 heterocycles. The zero-order valence-electron chi connectivity index (χ0n) is 20.3. The van der Waals surface area contributed by atoms with Crippen LogP contribution in [0.4, 0.5) is 21.2 Å². The minimum atomic E-state index is -0.572. The highest BCUT2D eigenvalue weighted by Gasteiger charge is 2.27. The number of carbonyl (C=O) groups excluding carboxylic acids is 3. The molecule has 1 N–H and O–H groups in total. The van der Waals surface area contributed by atoms with Crippen molar-refractivity contribution in [2.75, 3.05) is 23.4 Å². The number of nitriles is 1. The quantitative estimate of drug-likeness (QED) is 0.538. The van der Waals surface area contributed by atoms with Gasteiger partial charge in [0.15, 0.2) is 6.29 Å². The van der Waals surface area contributed by atoms with E-state index in [2.05, 4.69) is 21.4 Å². The van der Waals surface area contributed by atoms with Gasteiger partial charge in [0.05, 0.1) is 18.4 Å². The summed E-state index contributed by atoms with van der Waals surface area (Å²) in [6.45, 7) is 1.19. The number of aldehydes is 1. The van der Waals surface area contributed by atoms with Gasteiger partial charge in [-0.25, -0.2) is 19.6 Å². The zero-order chi connectivity index (χ0) is 26.5. The number of amides is 3. The molecule has 1 saturated heterocycles. The number of rotatable bonds is 6. The molecule has 0 unspecified atom stereocenters. The summed E-state index contributed by atoms with van der Waals surface area (Å²) in [5, 5.41) is 12.3. The molecule has 3 amide bonds. The molecule has 0 bridgehead atoms. The normalized spacial score (nSPS) is 18.4. The van der Waals surface area contributed by atoms with Crippen LogP contribution < -0.4 is 10.2 Å². The van der Waals surface area contributed by atoms with E-state index in [0.29, 0.717) is 59.9 Å². The molecule has 12 heteroatoms. The molecule has 2 aromatic rings. The van der Waals surface area contributed by atoms with Crippen LogP contribution in [0.25, 0.3) is 0 Å². The Morgan fingerprint density at radius 2 is 2.21 bits per heavy atom. The molecule has 0 saturated carbocycles. The molecule has 11 nitrogen and oxygen atoms in total. The summed E-state index contributed by atoms with van der Waals surface area (Å²) >= 11 is 1.44. The smallest absolute Gasteiger partial charge is 0.418 e. The average molecular weight is 533 g/mol. The summed E-state index contributed by atoms with van der Waals surface area (Å²) in [5.41, 5.74) is 1.85. The molecule has 2 aromatic heterocycles. The lowest BCUT2D eigenvalue weighted by Gasteiger charge is -2.29. The van der Waals surface area contributed by atoms with Crippen molar-refractivity contribution in [2.45, 2.75) is 42.6 Å². The molecular weight excluding hydrogens is 508 g/mol. The third-order valence-electron chi connectivity index (χ3n) is 6.20. The largest absolute Gasteiger partial charge is 0.418 e. The topological polar surface area (TPSA) is 138 Å². The third-order valence-corrected chi connectivity index (χ3v) is 7.43. The highest BCUT2D eigenvalue weighted by atomic mass is 32.2. The van der Waals surface area contributed by atoms with Gasteiger partial charge in [-0.1, -0.05) is 11.8 Å². The number of nitrogens with one attached hydrogen (secondary N) is 1. The van der Waals surface area contributed by atoms with Crippen LogP contribution in [0, 0.1) is 11.3 Å². The van der Waals surface area contributed by atoms with Gasteiger partial charge >= 0.3 is 12.1 Å². The lowest BCUT2D eigenvalue weighted by molar-refractivity contribution is 0.111. The van der Waals surface area contributed by atoms with Crippen LogP contribution in [0.5, 0.6) is 0 Å². The number of urea groups is 1. The summed E-state index contributed by atoms with van der Waals surface area (Å²) in [6, 6.07) is 5.17. The number of ether oxygens (including phenoxy) is 2. The summed E-state index contributed by atoms with van der Waals surface area (Å²) in [7, 11) is 0. The molecule has 1 atom stereocenters. The summed E-state index contributed by atoms with van der Waals surface area (Å²) in [6.07, 6.45) is 10.8. The second-order valence-electron chi connectivity index (χ2n) is 8.74. The highest BCUT2D eigenvalue weighted by Crippen LogP contribution is 2.34. The first-order chi connectivity index (χ1) is 18.6. The first kappa shape index (κ1) is 25.4. The van der Waals surface area contributed by atoms with E-state index in [1.54, 1.807) is 30.5 Å². The predicted molar refractivity (Wildman–Crippen MR) is 138 cm³/mol. The van der Waals surface area contributed by atoms with Crippen LogP contribution in [0.15, 0.2) is 47.8 Å². The number of nitrogens with zero attached hydrogens (tertiary/aromatic N) is 5. The van der Waals surface area contributed by atoms with E-state index >= 15 is 0 Å². The van der Waals surface area contributed by atoms with Gasteiger partial charge in [0.2, 0.25) is 0 Å². The van der Waals surface area contributed by atoms with E-state index in [4.69, 9.17) is 9.47 Å². The Morgan fingerprint density at radius 3 is 3.00 bits per heavy atom. The van der Waals surface area contributed by atoms with Gasteiger partial charge in [-0.2, -0.15) is 5.26 Å². The van der Waals surface area contributed by atoms with Crippen molar-refractivity contribution in [3.8, 4) is 6.07 Å². The van der Waals surface area contributed by atoms with Gasteiger partial charge in [0.25, 0.3) is 0 Å². The molecular formula is C26H24N6O5S. The summed E-state index contributed by atoms with van der Waals surface area (Å²) < 4.78 is 10.6. The molecule has 0 spiro atoms. The predicted octanol–water partition coefficient (Wildman–Crippen LogP) is 4.35. The van der Waals surface area contributed by atoms with E-state index in [1.807, 2.05) is 0 Å². The van der Waals surface area contributed by atoms with Crippen LogP contribution in [0.1, 0.15) is 46.4 Å². The van der Waals surface area contributed by atoms with Crippen LogP contribution in [-0.2, 0) is 22.4 Å². The number of hydrogen-bond donors (Lipinski definition) is 1. The Kier molecular flexibility index (Phi) is 7.67. The van der Waals surface area contributed by atoms with E-state index in [0.717, 1.165) is 18.4 Å². The number of allylic oxidation sites excluding steroid dienone is 2. The molecule has 0 aliphatic carbocycles. The standard InChI is InChI=1S/C26H24N6O5S/c27-13-19-14-28-22(12-21(19)38-23-6-4-10-36-23)30-25(34)32-8-3-5-17-11-18(20(16-33)29-24(17)32)15-31-7-1-2-9-37-26(31)35/h1-2,7,9,11-12,14,16,23H,3-6,8,10,15H2,(H,28,30,34)/t23-/m0/s1. The maximum atomic E-state index is 13.3. The summed E-state index contributed by atoms with van der Waals surface area (Å²) in [4.78, 5) is 49.6. The average Bonchev–Trinajstić information content (AvgIpc) is 3.36. The number of aromatic nitrogens is 2. The molecule has 194 valence electrons. The molecule has 3 aliphatic rings. The monoisotopic (exact) mass is 532 g/mol. The highest BCUT2D eigenvalue weighted by molar-refractivity contribution is 7.99. The Hall–Kier alpha value is -4.21. The van der Waals surface area contributed by atoms with Crippen molar-refractivity contribution in [1.29, 1.82) is 5.26 Å². The maximum Gasteiger partial charge on any atom is 0.418 e. The van der Waals surface area contributed by atoms with Gasteiger partial charge in [-0.05, 0) is 55.5 Å². The molecule has 0 aromatic carbocycles. The Morgan fingerprint density at radius 1 is 1.32 bits per heavy atom. The van der Waals surface area contributed by atoms with Gasteiger partial charge in [0, 0.05) is 36.0 Å². The number of thioether (sulfide) groups is 1. The maximum absolute atomic E-state index is 13.3. The Balaban J connectivity index is 1.36. The van der Waals surface area contributed by atoms with Crippen molar-refractivity contribution in [1.82, 2.24) is 14.9 Å². The number of carbonyl (C=O) groups is 3. The Bertz CT molecular complexity index is 1360. The van der Waals surface area contributed by atoms with Crippen molar-refractivity contribution in [2.24, 2.45) is 0 Å². The molecule has 3 aliphatic heterocycles. The van der Waals surface area contributed by atoms with Gasteiger partial charge in [-0.15, -0.1) is 0 Å². The number of hydrogen-bond acceptors (Lipinski definition) is 9.